The highest BCUT2D eigenvalue weighted by molar-refractivity contribution is 7.92. The van der Waals surface area contributed by atoms with Crippen molar-refractivity contribution >= 4 is 38.9 Å². The van der Waals surface area contributed by atoms with Crippen molar-refractivity contribution in [3.63, 3.8) is 0 Å². The number of anilines is 3. The molecule has 2 heterocycles. The van der Waals surface area contributed by atoms with E-state index in [-0.39, 0.29) is 0 Å². The lowest BCUT2D eigenvalue weighted by molar-refractivity contribution is -0.136. The van der Waals surface area contributed by atoms with Crippen LogP contribution in [-0.4, -0.2) is 77.2 Å². The Hall–Kier alpha value is -3.11. The number of benzene rings is 2. The highest BCUT2D eigenvalue weighted by Crippen LogP contribution is 2.31. The van der Waals surface area contributed by atoms with E-state index in [0.29, 0.717) is 31.0 Å². The number of amides is 2. The Kier molecular flexibility index (Phi) is 7.38. The van der Waals surface area contributed by atoms with Gasteiger partial charge in [0.15, 0.2) is 0 Å². The van der Waals surface area contributed by atoms with Crippen LogP contribution in [0.15, 0.2) is 48.5 Å². The van der Waals surface area contributed by atoms with E-state index in [1.165, 1.54) is 16.2 Å². The zero-order valence-electron chi connectivity index (χ0n) is 19.4. The summed E-state index contributed by atoms with van der Waals surface area (Å²) in [5, 5.41) is 5.26. The molecule has 0 atom stereocenters. The van der Waals surface area contributed by atoms with Crippen molar-refractivity contribution in [3.05, 3.63) is 54.1 Å². The molecule has 0 radical (unpaired) electrons. The molecular weight excluding hydrogens is 454 g/mol. The van der Waals surface area contributed by atoms with Crippen LogP contribution in [0.25, 0.3) is 0 Å². The molecule has 2 aromatic rings. The Morgan fingerprint density at radius 2 is 1.68 bits per heavy atom. The van der Waals surface area contributed by atoms with E-state index < -0.39 is 21.8 Å². The van der Waals surface area contributed by atoms with Gasteiger partial charge in [-0.05, 0) is 42.7 Å². The summed E-state index contributed by atoms with van der Waals surface area (Å²) in [5.74, 6) is -1.48. The van der Waals surface area contributed by atoms with Gasteiger partial charge in [0, 0.05) is 57.2 Å². The maximum Gasteiger partial charge on any atom is 0.313 e. The molecule has 10 heteroatoms. The number of hydrogen-bond donors (Lipinski definition) is 2. The van der Waals surface area contributed by atoms with Crippen molar-refractivity contribution in [1.82, 2.24) is 10.2 Å². The number of nitrogens with zero attached hydrogens (tertiary/aromatic N) is 3. The summed E-state index contributed by atoms with van der Waals surface area (Å²) in [4.78, 5) is 29.3. The molecule has 0 spiro atoms. The van der Waals surface area contributed by atoms with E-state index in [2.05, 4.69) is 32.6 Å². The molecule has 2 amide bonds. The number of para-hydroxylation sites is 1. The normalized spacial score (nSPS) is 16.6. The molecule has 0 bridgehead atoms. The molecule has 2 aliphatic heterocycles. The fourth-order valence-electron chi connectivity index (χ4n) is 4.43. The molecule has 2 aromatic carbocycles. The molecule has 2 N–H and O–H groups in total. The molecular formula is C24H31N5O4S. The number of sulfonamides is 1. The third kappa shape index (κ3) is 5.87. The predicted molar refractivity (Wildman–Crippen MR) is 134 cm³/mol. The smallest absolute Gasteiger partial charge is 0.313 e. The minimum atomic E-state index is -3.41. The zero-order valence-corrected chi connectivity index (χ0v) is 20.2. The van der Waals surface area contributed by atoms with Crippen LogP contribution in [0, 0.1) is 0 Å². The first-order valence-electron chi connectivity index (χ1n) is 11.5. The van der Waals surface area contributed by atoms with Gasteiger partial charge in [0.2, 0.25) is 10.0 Å². The lowest BCUT2D eigenvalue weighted by atomic mass is 10.0. The standard InChI is InChI=1S/C24H31N5O4S/c1-34(32,33)29-12-5-6-19-9-10-20(18-22(19)29)26-24(31)23(30)25-11-13-27-14-16-28(17-15-27)21-7-3-2-4-8-21/h2-4,7-10,18H,5-6,11-17H2,1H3,(H,25,30)(H,26,31). The van der Waals surface area contributed by atoms with E-state index in [0.717, 1.165) is 44.6 Å². The van der Waals surface area contributed by atoms with Gasteiger partial charge in [-0.2, -0.15) is 0 Å². The maximum absolute atomic E-state index is 12.4. The van der Waals surface area contributed by atoms with Crippen LogP contribution in [0.2, 0.25) is 0 Å². The molecule has 0 unspecified atom stereocenters. The molecule has 1 fully saturated rings. The van der Waals surface area contributed by atoms with Crippen molar-refractivity contribution in [1.29, 1.82) is 0 Å². The summed E-state index contributed by atoms with van der Waals surface area (Å²) in [7, 11) is -3.41. The summed E-state index contributed by atoms with van der Waals surface area (Å²) >= 11 is 0. The molecule has 9 nitrogen and oxygen atoms in total. The Bertz CT molecular complexity index is 1130. The first kappa shape index (κ1) is 24.0. The van der Waals surface area contributed by atoms with Crippen LogP contribution >= 0.6 is 0 Å². The van der Waals surface area contributed by atoms with Gasteiger partial charge >= 0.3 is 11.8 Å². The third-order valence-electron chi connectivity index (χ3n) is 6.23. The van der Waals surface area contributed by atoms with E-state index in [4.69, 9.17) is 0 Å². The van der Waals surface area contributed by atoms with E-state index in [1.54, 1.807) is 18.2 Å². The predicted octanol–water partition coefficient (Wildman–Crippen LogP) is 1.28. The van der Waals surface area contributed by atoms with E-state index in [1.807, 2.05) is 18.2 Å². The number of carbonyl (C=O) groups excluding carboxylic acids is 2. The Morgan fingerprint density at radius 3 is 2.38 bits per heavy atom. The van der Waals surface area contributed by atoms with Crippen molar-refractivity contribution in [2.24, 2.45) is 0 Å². The van der Waals surface area contributed by atoms with E-state index in [9.17, 15) is 18.0 Å². The van der Waals surface area contributed by atoms with Crippen LogP contribution in [0.1, 0.15) is 12.0 Å². The van der Waals surface area contributed by atoms with Crippen LogP contribution in [0.4, 0.5) is 17.1 Å². The summed E-state index contributed by atoms with van der Waals surface area (Å²) in [5.41, 5.74) is 3.08. The number of carbonyl (C=O) groups is 2. The lowest BCUT2D eigenvalue weighted by Crippen LogP contribution is -2.49. The minimum Gasteiger partial charge on any atom is -0.369 e. The Balaban J connectivity index is 1.24. The molecule has 34 heavy (non-hydrogen) atoms. The van der Waals surface area contributed by atoms with Gasteiger partial charge in [0.25, 0.3) is 0 Å². The van der Waals surface area contributed by atoms with Crippen LogP contribution < -0.4 is 19.8 Å². The second kappa shape index (κ2) is 10.4. The average molecular weight is 486 g/mol. The number of rotatable bonds is 6. The third-order valence-corrected chi connectivity index (χ3v) is 7.41. The van der Waals surface area contributed by atoms with Gasteiger partial charge in [-0.3, -0.25) is 18.8 Å². The first-order valence-corrected chi connectivity index (χ1v) is 13.4. The lowest BCUT2D eigenvalue weighted by Gasteiger charge is -2.36. The van der Waals surface area contributed by atoms with E-state index >= 15 is 0 Å². The summed E-state index contributed by atoms with van der Waals surface area (Å²) in [6.07, 6.45) is 2.69. The van der Waals surface area contributed by atoms with Crippen molar-refractivity contribution in [2.75, 3.05) is 66.6 Å². The average Bonchev–Trinajstić information content (AvgIpc) is 2.84. The van der Waals surface area contributed by atoms with Crippen LogP contribution in [0.5, 0.6) is 0 Å². The first-order chi connectivity index (χ1) is 16.3. The molecule has 4 rings (SSSR count). The number of nitrogens with one attached hydrogen (secondary N) is 2. The number of piperazine rings is 1. The summed E-state index contributed by atoms with van der Waals surface area (Å²) in [6, 6.07) is 15.4. The van der Waals surface area contributed by atoms with Crippen molar-refractivity contribution < 1.29 is 18.0 Å². The number of fused-ring (bicyclic) bond motifs is 1. The second-order valence-electron chi connectivity index (χ2n) is 8.66. The van der Waals surface area contributed by atoms with Crippen molar-refractivity contribution in [2.45, 2.75) is 12.8 Å². The fourth-order valence-corrected chi connectivity index (χ4v) is 5.42. The number of aryl methyl sites for hydroxylation is 1. The zero-order chi connectivity index (χ0) is 24.1. The highest BCUT2D eigenvalue weighted by atomic mass is 32.2. The van der Waals surface area contributed by atoms with Crippen LogP contribution in [-0.2, 0) is 26.0 Å². The van der Waals surface area contributed by atoms with Gasteiger partial charge in [-0.15, -0.1) is 0 Å². The van der Waals surface area contributed by atoms with Crippen LogP contribution in [0.3, 0.4) is 0 Å². The molecule has 2 aliphatic rings. The summed E-state index contributed by atoms with van der Waals surface area (Å²) < 4.78 is 25.5. The largest absolute Gasteiger partial charge is 0.369 e. The molecule has 0 aromatic heterocycles. The van der Waals surface area contributed by atoms with Gasteiger partial charge in [-0.25, -0.2) is 8.42 Å². The molecule has 182 valence electrons. The monoisotopic (exact) mass is 485 g/mol. The fraction of sp³-hybridized carbons (Fsp3) is 0.417. The quantitative estimate of drug-likeness (QED) is 0.598. The maximum atomic E-state index is 12.4. The summed E-state index contributed by atoms with van der Waals surface area (Å²) in [6.45, 7) is 5.07. The van der Waals surface area contributed by atoms with Gasteiger partial charge in [0.1, 0.15) is 0 Å². The molecule has 0 aliphatic carbocycles. The highest BCUT2D eigenvalue weighted by Gasteiger charge is 2.25. The minimum absolute atomic E-state index is 0.379. The van der Waals surface area contributed by atoms with Gasteiger partial charge < -0.3 is 15.5 Å². The Morgan fingerprint density at radius 1 is 0.941 bits per heavy atom. The molecule has 1 saturated heterocycles. The topological polar surface area (TPSA) is 102 Å². The SMILES string of the molecule is CS(=O)(=O)N1CCCc2ccc(NC(=O)C(=O)NCCN3CCN(c4ccccc4)CC3)cc21. The van der Waals surface area contributed by atoms with Crippen molar-refractivity contribution in [3.8, 4) is 0 Å². The number of hydrogen-bond acceptors (Lipinski definition) is 6. The Labute approximate surface area is 200 Å². The molecule has 0 saturated carbocycles. The van der Waals surface area contributed by atoms with Gasteiger partial charge in [-0.1, -0.05) is 24.3 Å². The second-order valence-corrected chi connectivity index (χ2v) is 10.6. The van der Waals surface area contributed by atoms with Gasteiger partial charge in [0.05, 0.1) is 11.9 Å².